The van der Waals surface area contributed by atoms with Gasteiger partial charge in [-0.2, -0.15) is 0 Å². The van der Waals surface area contributed by atoms with Crippen LogP contribution in [0.2, 0.25) is 0 Å². The van der Waals surface area contributed by atoms with Crippen molar-refractivity contribution < 1.29 is 9.53 Å². The lowest BCUT2D eigenvalue weighted by Crippen LogP contribution is -2.30. The summed E-state index contributed by atoms with van der Waals surface area (Å²) in [4.78, 5) is 30.5. The SMILES string of the molecule is CC(NC(=O)Cc1ccccc1OC1CCCC1)c1nccc(=O)[nH]1. The average molecular weight is 341 g/mol. The van der Waals surface area contributed by atoms with Crippen LogP contribution in [0, 0.1) is 0 Å². The number of hydrogen-bond acceptors (Lipinski definition) is 4. The molecular weight excluding hydrogens is 318 g/mol. The summed E-state index contributed by atoms with van der Waals surface area (Å²) in [5.41, 5.74) is 0.634. The first-order chi connectivity index (χ1) is 12.1. The van der Waals surface area contributed by atoms with Gasteiger partial charge in [-0.05, 0) is 38.7 Å². The summed E-state index contributed by atoms with van der Waals surface area (Å²) in [5.74, 6) is 1.08. The van der Waals surface area contributed by atoms with E-state index in [9.17, 15) is 9.59 Å². The first kappa shape index (κ1) is 17.2. The highest BCUT2D eigenvalue weighted by Gasteiger charge is 2.19. The molecule has 6 heteroatoms. The molecule has 1 aliphatic rings. The van der Waals surface area contributed by atoms with Crippen LogP contribution >= 0.6 is 0 Å². The minimum Gasteiger partial charge on any atom is -0.490 e. The molecule has 0 spiro atoms. The number of hydrogen-bond donors (Lipinski definition) is 2. The summed E-state index contributed by atoms with van der Waals surface area (Å²) in [7, 11) is 0. The Bertz CT molecular complexity index is 781. The third-order valence-electron chi connectivity index (χ3n) is 4.40. The zero-order chi connectivity index (χ0) is 17.6. The van der Waals surface area contributed by atoms with E-state index in [-0.39, 0.29) is 30.0 Å². The monoisotopic (exact) mass is 341 g/mol. The van der Waals surface area contributed by atoms with Gasteiger partial charge in [0, 0.05) is 17.8 Å². The Morgan fingerprint density at radius 3 is 2.84 bits per heavy atom. The Morgan fingerprint density at radius 2 is 2.08 bits per heavy atom. The van der Waals surface area contributed by atoms with Crippen LogP contribution in [0.15, 0.2) is 41.3 Å². The zero-order valence-corrected chi connectivity index (χ0v) is 14.3. The van der Waals surface area contributed by atoms with E-state index in [0.29, 0.717) is 5.82 Å². The molecule has 2 aromatic rings. The van der Waals surface area contributed by atoms with Crippen LogP contribution in [0.25, 0.3) is 0 Å². The van der Waals surface area contributed by atoms with E-state index in [0.717, 1.165) is 24.2 Å². The van der Waals surface area contributed by atoms with Crippen molar-refractivity contribution >= 4 is 5.91 Å². The van der Waals surface area contributed by atoms with Gasteiger partial charge >= 0.3 is 0 Å². The number of nitrogens with zero attached hydrogens (tertiary/aromatic N) is 1. The van der Waals surface area contributed by atoms with Gasteiger partial charge in [-0.25, -0.2) is 4.98 Å². The number of carbonyl (C=O) groups excluding carboxylic acids is 1. The number of carbonyl (C=O) groups is 1. The number of benzene rings is 1. The third kappa shape index (κ3) is 4.68. The molecule has 1 fully saturated rings. The highest BCUT2D eigenvalue weighted by atomic mass is 16.5. The van der Waals surface area contributed by atoms with Crippen molar-refractivity contribution in [3.63, 3.8) is 0 Å². The smallest absolute Gasteiger partial charge is 0.250 e. The number of H-pyrrole nitrogens is 1. The molecule has 1 unspecified atom stereocenters. The van der Waals surface area contributed by atoms with Gasteiger partial charge in [0.05, 0.1) is 18.6 Å². The van der Waals surface area contributed by atoms with Crippen molar-refractivity contribution in [1.29, 1.82) is 0 Å². The number of ether oxygens (including phenoxy) is 1. The standard InChI is InChI=1S/C19H23N3O3/c1-13(19-20-11-10-17(23)22-19)21-18(24)12-14-6-2-5-9-16(14)25-15-7-3-4-8-15/h2,5-6,9-11,13,15H,3-4,7-8,12H2,1H3,(H,21,24)(H,20,22,23). The maximum Gasteiger partial charge on any atom is 0.250 e. The summed E-state index contributed by atoms with van der Waals surface area (Å²) < 4.78 is 6.07. The molecule has 1 aromatic heterocycles. The molecular formula is C19H23N3O3. The van der Waals surface area contributed by atoms with E-state index in [2.05, 4.69) is 15.3 Å². The Morgan fingerprint density at radius 1 is 1.32 bits per heavy atom. The quantitative estimate of drug-likeness (QED) is 0.845. The highest BCUT2D eigenvalue weighted by molar-refractivity contribution is 5.79. The molecule has 0 bridgehead atoms. The molecule has 0 radical (unpaired) electrons. The summed E-state index contributed by atoms with van der Waals surface area (Å²) >= 11 is 0. The number of aromatic amines is 1. The predicted octanol–water partition coefficient (Wildman–Crippen LogP) is 2.51. The number of amides is 1. The van der Waals surface area contributed by atoms with E-state index < -0.39 is 0 Å². The third-order valence-corrected chi connectivity index (χ3v) is 4.40. The number of aromatic nitrogens is 2. The molecule has 1 saturated carbocycles. The molecule has 1 aliphatic carbocycles. The molecule has 25 heavy (non-hydrogen) atoms. The van der Waals surface area contributed by atoms with E-state index in [1.54, 1.807) is 6.92 Å². The average Bonchev–Trinajstić information content (AvgIpc) is 3.09. The minimum atomic E-state index is -0.371. The van der Waals surface area contributed by atoms with Crippen LogP contribution < -0.4 is 15.6 Å². The van der Waals surface area contributed by atoms with E-state index >= 15 is 0 Å². The maximum absolute atomic E-state index is 12.4. The van der Waals surface area contributed by atoms with Gasteiger partial charge in [-0.1, -0.05) is 18.2 Å². The van der Waals surface area contributed by atoms with Crippen LogP contribution in [0.4, 0.5) is 0 Å². The Kier molecular flexibility index (Phi) is 5.48. The molecule has 1 heterocycles. The highest BCUT2D eigenvalue weighted by Crippen LogP contribution is 2.27. The van der Waals surface area contributed by atoms with Crippen molar-refractivity contribution in [2.24, 2.45) is 0 Å². The molecule has 1 aromatic carbocycles. The normalized spacial score (nSPS) is 15.7. The van der Waals surface area contributed by atoms with Crippen LogP contribution in [0.1, 0.15) is 50.0 Å². The lowest BCUT2D eigenvalue weighted by Gasteiger charge is -2.17. The van der Waals surface area contributed by atoms with Gasteiger partial charge < -0.3 is 15.0 Å². The first-order valence-electron chi connectivity index (χ1n) is 8.71. The topological polar surface area (TPSA) is 84.1 Å². The summed E-state index contributed by atoms with van der Waals surface area (Å²) in [6.45, 7) is 1.79. The summed E-state index contributed by atoms with van der Waals surface area (Å²) in [6, 6.07) is 8.63. The number of para-hydroxylation sites is 1. The van der Waals surface area contributed by atoms with E-state index in [1.807, 2.05) is 24.3 Å². The van der Waals surface area contributed by atoms with Crippen molar-refractivity contribution in [2.75, 3.05) is 0 Å². The molecule has 0 aliphatic heterocycles. The molecule has 2 N–H and O–H groups in total. The Hall–Kier alpha value is -2.63. The van der Waals surface area contributed by atoms with Crippen molar-refractivity contribution in [2.45, 2.75) is 51.2 Å². The second-order valence-electron chi connectivity index (χ2n) is 6.42. The van der Waals surface area contributed by atoms with Crippen LogP contribution in [-0.4, -0.2) is 22.0 Å². The molecule has 3 rings (SSSR count). The van der Waals surface area contributed by atoms with Gasteiger partial charge in [-0.3, -0.25) is 9.59 Å². The molecule has 0 saturated heterocycles. The van der Waals surface area contributed by atoms with Gasteiger partial charge in [0.25, 0.3) is 5.56 Å². The van der Waals surface area contributed by atoms with E-state index in [1.165, 1.54) is 25.1 Å². The maximum atomic E-state index is 12.4. The van der Waals surface area contributed by atoms with Gasteiger partial charge in [-0.15, -0.1) is 0 Å². The summed E-state index contributed by atoms with van der Waals surface area (Å²) in [5, 5.41) is 2.87. The van der Waals surface area contributed by atoms with Gasteiger partial charge in [0.1, 0.15) is 11.6 Å². The van der Waals surface area contributed by atoms with Crippen LogP contribution in [-0.2, 0) is 11.2 Å². The predicted molar refractivity (Wildman–Crippen MR) is 94.4 cm³/mol. The fourth-order valence-electron chi connectivity index (χ4n) is 3.09. The van der Waals surface area contributed by atoms with Gasteiger partial charge in [0.15, 0.2) is 0 Å². The van der Waals surface area contributed by atoms with Crippen LogP contribution in [0.3, 0.4) is 0 Å². The number of nitrogens with one attached hydrogen (secondary N) is 2. The van der Waals surface area contributed by atoms with Crippen LogP contribution in [0.5, 0.6) is 5.75 Å². The summed E-state index contributed by atoms with van der Waals surface area (Å²) in [6.07, 6.45) is 6.46. The Balaban J connectivity index is 1.63. The van der Waals surface area contributed by atoms with Crippen molar-refractivity contribution in [3.8, 4) is 5.75 Å². The Labute approximate surface area is 146 Å². The van der Waals surface area contributed by atoms with Crippen molar-refractivity contribution in [1.82, 2.24) is 15.3 Å². The second kappa shape index (κ2) is 7.96. The fourth-order valence-corrected chi connectivity index (χ4v) is 3.09. The largest absolute Gasteiger partial charge is 0.490 e. The zero-order valence-electron chi connectivity index (χ0n) is 14.3. The minimum absolute atomic E-state index is 0.138. The fraction of sp³-hybridized carbons (Fsp3) is 0.421. The lowest BCUT2D eigenvalue weighted by molar-refractivity contribution is -0.121. The first-order valence-corrected chi connectivity index (χ1v) is 8.71. The second-order valence-corrected chi connectivity index (χ2v) is 6.42. The number of rotatable bonds is 6. The van der Waals surface area contributed by atoms with Gasteiger partial charge in [0.2, 0.25) is 5.91 Å². The molecule has 1 atom stereocenters. The van der Waals surface area contributed by atoms with Crippen molar-refractivity contribution in [3.05, 3.63) is 58.3 Å². The molecule has 1 amide bonds. The molecule has 132 valence electrons. The van der Waals surface area contributed by atoms with E-state index in [4.69, 9.17) is 4.74 Å². The lowest BCUT2D eigenvalue weighted by atomic mass is 10.1. The molecule has 6 nitrogen and oxygen atoms in total.